The zero-order valence-corrected chi connectivity index (χ0v) is 19.7. The molecule has 5 nitrogen and oxygen atoms in total. The van der Waals surface area contributed by atoms with Gasteiger partial charge in [0.1, 0.15) is 6.04 Å². The molecule has 0 spiro atoms. The summed E-state index contributed by atoms with van der Waals surface area (Å²) in [5, 5.41) is 3.55. The molecule has 3 atom stereocenters. The largest absolute Gasteiger partial charge is 0.343 e. The maximum atomic E-state index is 13.1. The summed E-state index contributed by atoms with van der Waals surface area (Å²) in [7, 11) is 0. The Kier molecular flexibility index (Phi) is 9.63. The molecule has 1 aliphatic rings. The van der Waals surface area contributed by atoms with Gasteiger partial charge in [-0.05, 0) is 48.3 Å². The molecular formula is C23H38ClN3O2. The van der Waals surface area contributed by atoms with Crippen molar-refractivity contribution in [1.29, 1.82) is 0 Å². The van der Waals surface area contributed by atoms with E-state index in [-0.39, 0.29) is 23.1 Å². The molecule has 2 amide bonds. The molecule has 0 bridgehead atoms. The second kappa shape index (κ2) is 11.0. The number of rotatable bonds is 5. The van der Waals surface area contributed by atoms with Gasteiger partial charge in [-0.15, -0.1) is 0 Å². The summed E-state index contributed by atoms with van der Waals surface area (Å²) in [6.07, 6.45) is 0.881. The first-order valence-corrected chi connectivity index (χ1v) is 11.0. The van der Waals surface area contributed by atoms with E-state index < -0.39 is 12.1 Å². The van der Waals surface area contributed by atoms with Gasteiger partial charge in [-0.1, -0.05) is 65.3 Å². The lowest BCUT2D eigenvalue weighted by molar-refractivity contribution is -0.140. The molecule has 0 aliphatic carbocycles. The van der Waals surface area contributed by atoms with Crippen LogP contribution >= 0.6 is 11.6 Å². The Labute approximate surface area is 181 Å². The summed E-state index contributed by atoms with van der Waals surface area (Å²) < 4.78 is 0. The summed E-state index contributed by atoms with van der Waals surface area (Å²) in [5.41, 5.74) is 6.83. The fourth-order valence-corrected chi connectivity index (χ4v) is 3.98. The van der Waals surface area contributed by atoms with Crippen LogP contribution in [0.15, 0.2) is 24.3 Å². The third-order valence-electron chi connectivity index (χ3n) is 5.46. The number of benzene rings is 1. The molecule has 1 fully saturated rings. The molecule has 2 rings (SSSR count). The Balaban J connectivity index is 0.00000204. The highest BCUT2D eigenvalue weighted by atomic mass is 35.5. The Morgan fingerprint density at radius 2 is 1.72 bits per heavy atom. The number of carbonyl (C=O) groups excluding carboxylic acids is 2. The number of carbonyl (C=O) groups is 2. The van der Waals surface area contributed by atoms with Gasteiger partial charge in [0.05, 0.1) is 6.04 Å². The van der Waals surface area contributed by atoms with Gasteiger partial charge in [0.2, 0.25) is 11.8 Å². The van der Waals surface area contributed by atoms with Crippen LogP contribution in [0.3, 0.4) is 0 Å². The molecule has 0 saturated carbocycles. The maximum Gasteiger partial charge on any atom is 0.245 e. The number of halogens is 1. The van der Waals surface area contributed by atoms with Crippen molar-refractivity contribution >= 4 is 23.4 Å². The second-order valence-corrected chi connectivity index (χ2v) is 9.10. The Morgan fingerprint density at radius 1 is 1.17 bits per heavy atom. The standard InChI is InChI=1S/C21H32ClN3O2.C2H6/c1-13(2)18(24-19(26)14(3)23)20(27)25-11-10-17(21(4,5)12-25)15-6-8-16(22)9-7-15;1-2/h6-9,13-14,17-18H,10-12,23H2,1-5H3,(H,24,26);1-2H3/t14-,17?,18?;/m0./s1. The van der Waals surface area contributed by atoms with E-state index in [2.05, 4.69) is 31.3 Å². The monoisotopic (exact) mass is 423 g/mol. The number of nitrogens with zero attached hydrogens (tertiary/aromatic N) is 1. The van der Waals surface area contributed by atoms with Crippen molar-refractivity contribution in [3.8, 4) is 0 Å². The summed E-state index contributed by atoms with van der Waals surface area (Å²) in [4.78, 5) is 27.0. The number of nitrogens with two attached hydrogens (primary N) is 1. The molecular weight excluding hydrogens is 386 g/mol. The third kappa shape index (κ3) is 6.71. The Morgan fingerprint density at radius 3 is 2.17 bits per heavy atom. The maximum absolute atomic E-state index is 13.1. The van der Waals surface area contributed by atoms with Crippen LogP contribution in [-0.2, 0) is 9.59 Å². The van der Waals surface area contributed by atoms with E-state index >= 15 is 0 Å². The van der Waals surface area contributed by atoms with E-state index in [4.69, 9.17) is 17.3 Å². The van der Waals surface area contributed by atoms with Crippen LogP contribution in [0.4, 0.5) is 0 Å². The van der Waals surface area contributed by atoms with E-state index in [1.54, 1.807) is 6.92 Å². The van der Waals surface area contributed by atoms with Crippen molar-refractivity contribution in [3.63, 3.8) is 0 Å². The quantitative estimate of drug-likeness (QED) is 0.745. The van der Waals surface area contributed by atoms with Gasteiger partial charge >= 0.3 is 0 Å². The predicted octanol–water partition coefficient (Wildman–Crippen LogP) is 4.20. The zero-order valence-electron chi connectivity index (χ0n) is 19.0. The number of hydrogen-bond donors (Lipinski definition) is 2. The number of hydrogen-bond acceptors (Lipinski definition) is 3. The minimum atomic E-state index is -0.633. The highest BCUT2D eigenvalue weighted by molar-refractivity contribution is 6.30. The van der Waals surface area contributed by atoms with Crippen molar-refractivity contribution < 1.29 is 9.59 Å². The molecule has 2 unspecified atom stereocenters. The SMILES string of the molecule is CC.CC(C)C(NC(=O)[C@H](C)N)C(=O)N1CCC(c2ccc(Cl)cc2)C(C)(C)C1. The van der Waals surface area contributed by atoms with E-state index in [0.29, 0.717) is 19.0 Å². The first kappa shape index (κ1) is 25.4. The van der Waals surface area contributed by atoms with Gasteiger partial charge < -0.3 is 16.0 Å². The predicted molar refractivity (Wildman–Crippen MR) is 121 cm³/mol. The molecule has 29 heavy (non-hydrogen) atoms. The lowest BCUT2D eigenvalue weighted by atomic mass is 9.70. The van der Waals surface area contributed by atoms with Crippen molar-refractivity contribution in [2.24, 2.45) is 17.1 Å². The summed E-state index contributed by atoms with van der Waals surface area (Å²) in [5.74, 6) is 0.0336. The van der Waals surface area contributed by atoms with Gasteiger partial charge in [0.25, 0.3) is 0 Å². The average molecular weight is 424 g/mol. The van der Waals surface area contributed by atoms with Crippen molar-refractivity contribution in [3.05, 3.63) is 34.9 Å². The van der Waals surface area contributed by atoms with Crippen LogP contribution in [0.5, 0.6) is 0 Å². The smallest absolute Gasteiger partial charge is 0.245 e. The van der Waals surface area contributed by atoms with Gasteiger partial charge in [-0.25, -0.2) is 0 Å². The van der Waals surface area contributed by atoms with E-state index in [1.165, 1.54) is 5.56 Å². The molecule has 164 valence electrons. The van der Waals surface area contributed by atoms with Crippen LogP contribution in [-0.4, -0.2) is 41.9 Å². The normalized spacial score (nSPS) is 20.3. The van der Waals surface area contributed by atoms with Gasteiger partial charge in [-0.3, -0.25) is 9.59 Å². The summed E-state index contributed by atoms with van der Waals surface area (Å²) in [6.45, 7) is 15.2. The Bertz CT molecular complexity index is 671. The number of nitrogens with one attached hydrogen (secondary N) is 1. The van der Waals surface area contributed by atoms with Crippen molar-refractivity contribution in [2.75, 3.05) is 13.1 Å². The average Bonchev–Trinajstić information content (AvgIpc) is 2.66. The van der Waals surface area contributed by atoms with Gasteiger partial charge in [0, 0.05) is 18.1 Å². The molecule has 1 aliphatic heterocycles. The van der Waals surface area contributed by atoms with Crippen LogP contribution in [0.1, 0.15) is 66.4 Å². The summed E-state index contributed by atoms with van der Waals surface area (Å²) >= 11 is 6.02. The molecule has 1 aromatic carbocycles. The minimum absolute atomic E-state index is 0.00250. The highest BCUT2D eigenvalue weighted by Crippen LogP contribution is 2.42. The summed E-state index contributed by atoms with van der Waals surface area (Å²) in [6, 6.07) is 6.81. The number of piperidine rings is 1. The fourth-order valence-electron chi connectivity index (χ4n) is 3.85. The molecule has 1 heterocycles. The minimum Gasteiger partial charge on any atom is -0.343 e. The fraction of sp³-hybridized carbons (Fsp3) is 0.652. The highest BCUT2D eigenvalue weighted by Gasteiger charge is 2.40. The van der Waals surface area contributed by atoms with Gasteiger partial charge in [0.15, 0.2) is 0 Å². The first-order chi connectivity index (χ1) is 13.5. The van der Waals surface area contributed by atoms with Gasteiger partial charge in [-0.2, -0.15) is 0 Å². The zero-order chi connectivity index (χ0) is 22.4. The lowest BCUT2D eigenvalue weighted by Crippen LogP contribution is -2.57. The topological polar surface area (TPSA) is 75.4 Å². The van der Waals surface area contributed by atoms with Crippen LogP contribution in [0.25, 0.3) is 0 Å². The number of amides is 2. The molecule has 3 N–H and O–H groups in total. The third-order valence-corrected chi connectivity index (χ3v) is 5.71. The van der Waals surface area contributed by atoms with E-state index in [9.17, 15) is 9.59 Å². The molecule has 6 heteroatoms. The molecule has 0 radical (unpaired) electrons. The Hall–Kier alpha value is -1.59. The van der Waals surface area contributed by atoms with Crippen molar-refractivity contribution in [1.82, 2.24) is 10.2 Å². The molecule has 0 aromatic heterocycles. The van der Waals surface area contributed by atoms with Crippen molar-refractivity contribution in [2.45, 2.75) is 72.9 Å². The van der Waals surface area contributed by atoms with Crippen LogP contribution < -0.4 is 11.1 Å². The molecule has 1 aromatic rings. The molecule has 1 saturated heterocycles. The van der Waals surface area contributed by atoms with E-state index in [1.807, 2.05) is 44.7 Å². The lowest BCUT2D eigenvalue weighted by Gasteiger charge is -2.45. The van der Waals surface area contributed by atoms with Crippen LogP contribution in [0.2, 0.25) is 5.02 Å². The number of likely N-dealkylation sites (tertiary alicyclic amines) is 1. The van der Waals surface area contributed by atoms with Crippen LogP contribution in [0, 0.1) is 11.3 Å². The second-order valence-electron chi connectivity index (χ2n) is 8.66. The van der Waals surface area contributed by atoms with E-state index in [0.717, 1.165) is 11.4 Å². The first-order valence-electron chi connectivity index (χ1n) is 10.6.